The normalized spacial score (nSPS) is 11.7. The molecule has 0 bridgehead atoms. The molecule has 3 aromatic carbocycles. The van der Waals surface area contributed by atoms with Crippen LogP contribution in [-0.2, 0) is 23.1 Å². The van der Waals surface area contributed by atoms with Crippen molar-refractivity contribution in [1.82, 2.24) is 9.55 Å². The van der Waals surface area contributed by atoms with E-state index >= 15 is 0 Å². The Bertz CT molecular complexity index is 1330. The van der Waals surface area contributed by atoms with Gasteiger partial charge in [0.05, 0.1) is 11.9 Å². The Hall–Kier alpha value is -3.54. The number of nitrogens with one attached hydrogen (secondary N) is 2. The van der Waals surface area contributed by atoms with Gasteiger partial charge >= 0.3 is 5.82 Å². The average Bonchev–Trinajstić information content (AvgIpc) is 3.24. The summed E-state index contributed by atoms with van der Waals surface area (Å²) in [5.74, 6) is 0.421. The zero-order valence-electron chi connectivity index (χ0n) is 17.7. The molecule has 0 aliphatic heterocycles. The highest BCUT2D eigenvalue weighted by Crippen LogP contribution is 2.31. The summed E-state index contributed by atoms with van der Waals surface area (Å²) < 4.78 is 25.6. The van der Waals surface area contributed by atoms with Crippen molar-refractivity contribution in [2.75, 3.05) is 10.0 Å². The van der Waals surface area contributed by atoms with E-state index in [0.29, 0.717) is 23.4 Å². The van der Waals surface area contributed by atoms with Crippen LogP contribution in [0.2, 0.25) is 0 Å². The van der Waals surface area contributed by atoms with Crippen LogP contribution in [0.3, 0.4) is 0 Å². The average molecular weight is 541 g/mol. The first-order valence-corrected chi connectivity index (χ1v) is 12.3. The zero-order valence-corrected chi connectivity index (χ0v) is 20.1. The Balaban J connectivity index is 1.52. The molecule has 174 valence electrons. The van der Waals surface area contributed by atoms with Gasteiger partial charge in [-0.25, -0.2) is 0 Å². The molecule has 0 amide bonds. The fraction of sp³-hybridized carbons (Fsp3) is 0.0870. The molecule has 1 aromatic heterocycles. The Morgan fingerprint density at radius 3 is 2.32 bits per heavy atom. The van der Waals surface area contributed by atoms with Crippen molar-refractivity contribution < 1.29 is 13.7 Å². The smallest absolute Gasteiger partial charge is 0.381 e. The quantitative estimate of drug-likeness (QED) is 0.127. The first-order chi connectivity index (χ1) is 16.4. The minimum Gasteiger partial charge on any atom is -0.755 e. The summed E-state index contributed by atoms with van der Waals surface area (Å²) in [6.45, 7) is 0.469. The molecular formula is C23H19BrN5O4S-. The molecule has 0 aliphatic rings. The number of alkyl halides is 1. The Kier molecular flexibility index (Phi) is 7.36. The summed E-state index contributed by atoms with van der Waals surface area (Å²) in [7, 11) is 0. The molecule has 1 heterocycles. The van der Waals surface area contributed by atoms with Crippen molar-refractivity contribution >= 4 is 50.1 Å². The van der Waals surface area contributed by atoms with E-state index in [0.717, 1.165) is 28.1 Å². The number of imidazole rings is 1. The van der Waals surface area contributed by atoms with Crippen LogP contribution in [0.25, 0.3) is 11.1 Å². The zero-order chi connectivity index (χ0) is 24.1. The first-order valence-electron chi connectivity index (χ1n) is 10.1. The Labute approximate surface area is 206 Å². The SMILES string of the molecule is O=[N+]([O-])c1cn(Cc2ccc(-c3ccccc3Nc3ccc(NS(=O)[O-])cc3)cc2)c(CBr)n1. The summed E-state index contributed by atoms with van der Waals surface area (Å²) >= 11 is 0.966. The predicted octanol–water partition coefficient (Wildman–Crippen LogP) is 5.35. The van der Waals surface area contributed by atoms with Gasteiger partial charge in [-0.15, -0.1) is 0 Å². The number of rotatable bonds is 9. The van der Waals surface area contributed by atoms with Gasteiger partial charge in [-0.2, -0.15) is 0 Å². The molecule has 34 heavy (non-hydrogen) atoms. The highest BCUT2D eigenvalue weighted by molar-refractivity contribution is 9.08. The number of para-hydroxylation sites is 1. The van der Waals surface area contributed by atoms with Crippen molar-refractivity contribution in [2.24, 2.45) is 0 Å². The van der Waals surface area contributed by atoms with Gasteiger partial charge in [0, 0.05) is 33.9 Å². The van der Waals surface area contributed by atoms with E-state index in [2.05, 4.69) is 31.0 Å². The molecule has 1 unspecified atom stereocenters. The summed E-state index contributed by atoms with van der Waals surface area (Å²) in [6.07, 6.45) is 1.44. The second-order valence-electron chi connectivity index (χ2n) is 7.32. The van der Waals surface area contributed by atoms with Crippen LogP contribution in [0, 0.1) is 10.1 Å². The summed E-state index contributed by atoms with van der Waals surface area (Å²) in [5, 5.41) is 14.8. The standard InChI is InChI=1S/C23H20BrN5O4S/c24-13-22-26-23(29(30)31)15-28(22)14-16-5-7-17(8-6-16)20-3-1-2-4-21(20)25-18-9-11-19(12-10-18)27-34(32)33/h1-12,15,25,27H,13-14H2,(H,32,33)/p-1. The monoisotopic (exact) mass is 540 g/mol. The van der Waals surface area contributed by atoms with Crippen LogP contribution in [0.1, 0.15) is 11.4 Å². The molecule has 0 saturated heterocycles. The van der Waals surface area contributed by atoms with Gasteiger partial charge < -0.3 is 29.3 Å². The maximum absolute atomic E-state index is 11.0. The third-order valence-corrected chi connectivity index (χ3v) is 5.97. The molecule has 2 N–H and O–H groups in total. The number of benzene rings is 3. The molecule has 4 aromatic rings. The van der Waals surface area contributed by atoms with E-state index < -0.39 is 16.2 Å². The minimum absolute atomic E-state index is 0.170. The topological polar surface area (TPSA) is 125 Å². The number of nitro groups is 1. The van der Waals surface area contributed by atoms with E-state index in [1.54, 1.807) is 28.8 Å². The lowest BCUT2D eigenvalue weighted by molar-refractivity contribution is -0.389. The summed E-state index contributed by atoms with van der Waals surface area (Å²) in [6, 6.07) is 22.8. The molecule has 0 saturated carbocycles. The van der Waals surface area contributed by atoms with E-state index in [9.17, 15) is 18.9 Å². The Morgan fingerprint density at radius 2 is 1.68 bits per heavy atom. The second kappa shape index (κ2) is 10.6. The van der Waals surface area contributed by atoms with Gasteiger partial charge in [-0.3, -0.25) is 4.21 Å². The maximum Gasteiger partial charge on any atom is 0.381 e. The summed E-state index contributed by atoms with van der Waals surface area (Å²) in [5.41, 5.74) is 5.18. The van der Waals surface area contributed by atoms with Gasteiger partial charge in [0.15, 0.2) is 0 Å². The highest BCUT2D eigenvalue weighted by Gasteiger charge is 2.17. The predicted molar refractivity (Wildman–Crippen MR) is 135 cm³/mol. The van der Waals surface area contributed by atoms with E-state index in [1.807, 2.05) is 48.5 Å². The number of nitrogens with zero attached hydrogens (tertiary/aromatic N) is 3. The molecule has 4 rings (SSSR count). The lowest BCUT2D eigenvalue weighted by Gasteiger charge is -2.14. The molecule has 1 atom stereocenters. The second-order valence-corrected chi connectivity index (χ2v) is 8.55. The van der Waals surface area contributed by atoms with Crippen molar-refractivity contribution in [3.63, 3.8) is 0 Å². The van der Waals surface area contributed by atoms with E-state index in [4.69, 9.17) is 0 Å². The fourth-order valence-corrected chi connectivity index (χ4v) is 4.25. The Morgan fingerprint density at radius 1 is 1.00 bits per heavy atom. The molecule has 0 fully saturated rings. The van der Waals surface area contributed by atoms with E-state index in [-0.39, 0.29) is 5.82 Å². The summed E-state index contributed by atoms with van der Waals surface area (Å²) in [4.78, 5) is 14.6. The molecule has 0 spiro atoms. The number of halogens is 1. The van der Waals surface area contributed by atoms with Crippen molar-refractivity contribution in [2.45, 2.75) is 11.9 Å². The first kappa shape index (κ1) is 23.6. The van der Waals surface area contributed by atoms with Crippen LogP contribution in [0.5, 0.6) is 0 Å². The van der Waals surface area contributed by atoms with Gasteiger partial charge in [0.2, 0.25) is 5.82 Å². The minimum atomic E-state index is -2.37. The van der Waals surface area contributed by atoms with Crippen LogP contribution in [0.4, 0.5) is 22.9 Å². The number of aromatic nitrogens is 2. The number of hydrogen-bond acceptors (Lipinski definition) is 6. The number of anilines is 3. The molecule has 0 aliphatic carbocycles. The van der Waals surface area contributed by atoms with Gasteiger partial charge in [0.25, 0.3) is 0 Å². The van der Waals surface area contributed by atoms with Gasteiger partial charge in [0.1, 0.15) is 6.20 Å². The van der Waals surface area contributed by atoms with Crippen LogP contribution >= 0.6 is 15.9 Å². The third kappa shape index (κ3) is 5.68. The maximum atomic E-state index is 11.0. The lowest BCUT2D eigenvalue weighted by Crippen LogP contribution is -2.02. The van der Waals surface area contributed by atoms with Crippen molar-refractivity contribution in [3.05, 3.63) is 100 Å². The van der Waals surface area contributed by atoms with Crippen LogP contribution in [-0.4, -0.2) is 23.2 Å². The van der Waals surface area contributed by atoms with Crippen LogP contribution in [0.15, 0.2) is 79.0 Å². The third-order valence-electron chi connectivity index (χ3n) is 5.06. The largest absolute Gasteiger partial charge is 0.755 e. The molecular weight excluding hydrogens is 522 g/mol. The van der Waals surface area contributed by atoms with Gasteiger partial charge in [-0.05, 0) is 51.4 Å². The lowest BCUT2D eigenvalue weighted by atomic mass is 10.0. The number of hydrogen-bond donors (Lipinski definition) is 2. The fourth-order valence-electron chi connectivity index (χ4n) is 3.47. The molecule has 0 radical (unpaired) electrons. The van der Waals surface area contributed by atoms with E-state index in [1.165, 1.54) is 6.20 Å². The van der Waals surface area contributed by atoms with Crippen molar-refractivity contribution in [1.29, 1.82) is 0 Å². The molecule has 9 nitrogen and oxygen atoms in total. The van der Waals surface area contributed by atoms with Crippen molar-refractivity contribution in [3.8, 4) is 11.1 Å². The molecule has 11 heteroatoms. The highest BCUT2D eigenvalue weighted by atomic mass is 79.9. The van der Waals surface area contributed by atoms with Crippen LogP contribution < -0.4 is 10.0 Å². The van der Waals surface area contributed by atoms with Gasteiger partial charge in [-0.1, -0.05) is 58.4 Å².